The van der Waals surface area contributed by atoms with Crippen LogP contribution in [0.25, 0.3) is 0 Å². The minimum atomic E-state index is -0.600. The number of allylic oxidation sites excluding steroid dienone is 1. The summed E-state index contributed by atoms with van der Waals surface area (Å²) in [6, 6.07) is 13.7. The van der Waals surface area contributed by atoms with E-state index in [1.807, 2.05) is 24.3 Å². The van der Waals surface area contributed by atoms with Crippen LogP contribution in [0.5, 0.6) is 5.75 Å². The van der Waals surface area contributed by atoms with Gasteiger partial charge in [0.15, 0.2) is 0 Å². The van der Waals surface area contributed by atoms with E-state index in [4.69, 9.17) is 21.1 Å². The van der Waals surface area contributed by atoms with E-state index < -0.39 is 12.0 Å². The zero-order chi connectivity index (χ0) is 22.8. The molecular formula is C23H21ClN4O4. The number of rotatable bonds is 5. The van der Waals surface area contributed by atoms with E-state index in [1.54, 1.807) is 43.0 Å². The molecule has 3 aromatic rings. The van der Waals surface area contributed by atoms with Gasteiger partial charge in [-0.1, -0.05) is 35.9 Å². The summed E-state index contributed by atoms with van der Waals surface area (Å²) in [6.07, 6.45) is 1.42. The van der Waals surface area contributed by atoms with E-state index in [1.165, 1.54) is 13.3 Å². The standard InChI is InChI=1S/C23H21ClN4O4/c1-13-19(22(29)27-17-6-4-5-7-18(17)31-2)20(14-8-10-15(24)11-9-14)28-21(26-13)16(12-25-28)23(30)32-3/h4-12,20,26H,1-3H3,(H,27,29)/t20-/m1/s1. The quantitative estimate of drug-likeness (QED) is 0.562. The maximum Gasteiger partial charge on any atom is 0.343 e. The summed E-state index contributed by atoms with van der Waals surface area (Å²) in [7, 11) is 2.85. The van der Waals surface area contributed by atoms with Crippen molar-refractivity contribution in [2.75, 3.05) is 24.9 Å². The van der Waals surface area contributed by atoms with Crippen LogP contribution in [-0.2, 0) is 9.53 Å². The van der Waals surface area contributed by atoms with Crippen molar-refractivity contribution in [3.8, 4) is 5.75 Å². The third-order valence-corrected chi connectivity index (χ3v) is 5.47. The number of benzene rings is 2. The monoisotopic (exact) mass is 452 g/mol. The van der Waals surface area contributed by atoms with Crippen molar-refractivity contribution in [1.82, 2.24) is 9.78 Å². The average Bonchev–Trinajstić information content (AvgIpc) is 3.22. The summed E-state index contributed by atoms with van der Waals surface area (Å²) in [4.78, 5) is 25.7. The number of aromatic nitrogens is 2. The molecule has 0 radical (unpaired) electrons. The van der Waals surface area contributed by atoms with E-state index in [2.05, 4.69) is 15.7 Å². The van der Waals surface area contributed by atoms with Crippen LogP contribution in [0, 0.1) is 0 Å². The molecule has 1 aliphatic heterocycles. The third-order valence-electron chi connectivity index (χ3n) is 5.21. The fraction of sp³-hybridized carbons (Fsp3) is 0.174. The van der Waals surface area contributed by atoms with Crippen molar-refractivity contribution in [3.05, 3.63) is 82.1 Å². The molecule has 0 fully saturated rings. The highest BCUT2D eigenvalue weighted by Crippen LogP contribution is 2.38. The van der Waals surface area contributed by atoms with Crippen molar-refractivity contribution in [1.29, 1.82) is 0 Å². The minimum absolute atomic E-state index is 0.273. The van der Waals surface area contributed by atoms with Crippen molar-refractivity contribution in [2.24, 2.45) is 0 Å². The molecule has 2 N–H and O–H groups in total. The first-order valence-electron chi connectivity index (χ1n) is 9.78. The molecule has 0 saturated carbocycles. The number of hydrogen-bond acceptors (Lipinski definition) is 6. The number of esters is 1. The zero-order valence-electron chi connectivity index (χ0n) is 17.7. The summed E-state index contributed by atoms with van der Waals surface area (Å²) < 4.78 is 11.8. The fourth-order valence-corrected chi connectivity index (χ4v) is 3.83. The van der Waals surface area contributed by atoms with Crippen molar-refractivity contribution < 1.29 is 19.1 Å². The molecule has 1 amide bonds. The molecule has 32 heavy (non-hydrogen) atoms. The van der Waals surface area contributed by atoms with Gasteiger partial charge in [-0.25, -0.2) is 9.48 Å². The molecule has 1 aliphatic rings. The van der Waals surface area contributed by atoms with E-state index in [9.17, 15) is 9.59 Å². The SMILES string of the molecule is COC(=O)c1cnn2c1NC(C)=C(C(=O)Nc1ccccc1OC)[C@H]2c1ccc(Cl)cc1. The second-order valence-electron chi connectivity index (χ2n) is 7.12. The number of fused-ring (bicyclic) bond motifs is 1. The molecule has 8 nitrogen and oxygen atoms in total. The second-order valence-corrected chi connectivity index (χ2v) is 7.55. The molecule has 164 valence electrons. The molecule has 0 aliphatic carbocycles. The Morgan fingerprint density at radius 2 is 1.84 bits per heavy atom. The maximum atomic E-state index is 13.5. The topological polar surface area (TPSA) is 94.5 Å². The van der Waals surface area contributed by atoms with Gasteiger partial charge in [-0.05, 0) is 36.8 Å². The number of methoxy groups -OCH3 is 2. The fourth-order valence-electron chi connectivity index (χ4n) is 3.70. The van der Waals surface area contributed by atoms with Crippen LogP contribution in [-0.4, -0.2) is 35.9 Å². The molecule has 0 saturated heterocycles. The van der Waals surface area contributed by atoms with Crippen LogP contribution in [0.15, 0.2) is 66.0 Å². The second kappa shape index (κ2) is 8.76. The van der Waals surface area contributed by atoms with Crippen molar-refractivity contribution in [3.63, 3.8) is 0 Å². The van der Waals surface area contributed by atoms with Gasteiger partial charge in [-0.3, -0.25) is 4.79 Å². The smallest absolute Gasteiger partial charge is 0.343 e. The third kappa shape index (κ3) is 3.80. The van der Waals surface area contributed by atoms with Gasteiger partial charge in [-0.15, -0.1) is 0 Å². The number of carbonyl (C=O) groups is 2. The van der Waals surface area contributed by atoms with E-state index in [0.29, 0.717) is 33.5 Å². The number of halogens is 1. The molecule has 0 bridgehead atoms. The number of anilines is 2. The molecule has 1 atom stereocenters. The van der Waals surface area contributed by atoms with Gasteiger partial charge in [0, 0.05) is 10.7 Å². The van der Waals surface area contributed by atoms with Gasteiger partial charge in [0.1, 0.15) is 23.2 Å². The van der Waals surface area contributed by atoms with Crippen molar-refractivity contribution >= 4 is 35.0 Å². The summed E-state index contributed by atoms with van der Waals surface area (Å²) >= 11 is 6.08. The number of carbonyl (C=O) groups excluding carboxylic acids is 2. The Labute approximate surface area is 189 Å². The Bertz CT molecular complexity index is 1220. The lowest BCUT2D eigenvalue weighted by atomic mass is 9.94. The first-order chi connectivity index (χ1) is 15.4. The maximum absolute atomic E-state index is 13.5. The van der Waals surface area contributed by atoms with Crippen LogP contribution in [0.1, 0.15) is 28.9 Å². The predicted octanol–water partition coefficient (Wildman–Crippen LogP) is 4.26. The molecular weight excluding hydrogens is 432 g/mol. The molecule has 1 aromatic heterocycles. The van der Waals surface area contributed by atoms with Crippen LogP contribution in [0.2, 0.25) is 5.02 Å². The Morgan fingerprint density at radius 3 is 2.53 bits per heavy atom. The minimum Gasteiger partial charge on any atom is -0.495 e. The van der Waals surface area contributed by atoms with E-state index in [0.717, 1.165) is 5.56 Å². The first-order valence-corrected chi connectivity index (χ1v) is 10.2. The lowest BCUT2D eigenvalue weighted by Gasteiger charge is -2.30. The molecule has 2 heterocycles. The summed E-state index contributed by atoms with van der Waals surface area (Å²) in [5, 5.41) is 11.0. The van der Waals surface area contributed by atoms with Crippen LogP contribution in [0.4, 0.5) is 11.5 Å². The Kier molecular flexibility index (Phi) is 5.87. The van der Waals surface area contributed by atoms with Gasteiger partial charge >= 0.3 is 5.97 Å². The van der Waals surface area contributed by atoms with Crippen LogP contribution >= 0.6 is 11.6 Å². The predicted molar refractivity (Wildman–Crippen MR) is 121 cm³/mol. The highest BCUT2D eigenvalue weighted by Gasteiger charge is 2.35. The largest absolute Gasteiger partial charge is 0.495 e. The Hall–Kier alpha value is -3.78. The van der Waals surface area contributed by atoms with Gasteiger partial charge in [0.05, 0.1) is 31.7 Å². The average molecular weight is 453 g/mol. The summed E-state index contributed by atoms with van der Waals surface area (Å²) in [6.45, 7) is 1.78. The highest BCUT2D eigenvalue weighted by atomic mass is 35.5. The number of amides is 1. The van der Waals surface area contributed by atoms with Gasteiger partial charge in [0.25, 0.3) is 5.91 Å². The number of ether oxygens (including phenoxy) is 2. The van der Waals surface area contributed by atoms with Gasteiger partial charge in [0.2, 0.25) is 0 Å². The number of hydrogen-bond donors (Lipinski definition) is 2. The highest BCUT2D eigenvalue weighted by molar-refractivity contribution is 6.30. The molecule has 0 unspecified atom stereocenters. The normalized spacial score (nSPS) is 14.9. The first kappa shape index (κ1) is 21.5. The number of nitrogens with zero attached hydrogens (tertiary/aromatic N) is 2. The van der Waals surface area contributed by atoms with Crippen molar-refractivity contribution in [2.45, 2.75) is 13.0 Å². The number of para-hydroxylation sites is 2. The van der Waals surface area contributed by atoms with Crippen LogP contribution < -0.4 is 15.4 Å². The van der Waals surface area contributed by atoms with Gasteiger partial charge in [-0.2, -0.15) is 5.10 Å². The van der Waals surface area contributed by atoms with Gasteiger partial charge < -0.3 is 20.1 Å². The number of nitrogens with one attached hydrogen (secondary N) is 2. The molecule has 4 rings (SSSR count). The summed E-state index contributed by atoms with van der Waals surface area (Å²) in [5.74, 6) is 0.130. The zero-order valence-corrected chi connectivity index (χ0v) is 18.4. The summed E-state index contributed by atoms with van der Waals surface area (Å²) in [5.41, 5.74) is 2.61. The molecule has 0 spiro atoms. The Morgan fingerprint density at radius 1 is 1.12 bits per heavy atom. The lowest BCUT2D eigenvalue weighted by molar-refractivity contribution is -0.113. The van der Waals surface area contributed by atoms with E-state index >= 15 is 0 Å². The van der Waals surface area contributed by atoms with Crippen LogP contribution in [0.3, 0.4) is 0 Å². The molecule has 9 heteroatoms. The Balaban J connectivity index is 1.81. The lowest BCUT2D eigenvalue weighted by Crippen LogP contribution is -2.31. The van der Waals surface area contributed by atoms with E-state index in [-0.39, 0.29) is 11.5 Å². The molecule has 2 aromatic carbocycles.